The third-order valence-electron chi connectivity index (χ3n) is 2.27. The van der Waals surface area contributed by atoms with Gasteiger partial charge in [-0.3, -0.25) is 0 Å². The molecule has 13 heavy (non-hydrogen) atoms. The van der Waals surface area contributed by atoms with E-state index in [9.17, 15) is 9.18 Å². The molecule has 76 valence electrons. The molecule has 1 N–H and O–H groups in total. The molecular weight excluding hydrogens is 173 g/mol. The second kappa shape index (κ2) is 4.56. The van der Waals surface area contributed by atoms with Crippen LogP contribution >= 0.6 is 0 Å². The van der Waals surface area contributed by atoms with Crippen LogP contribution < -0.4 is 5.32 Å². The number of rotatable bonds is 2. The van der Waals surface area contributed by atoms with Crippen molar-refractivity contribution in [3.05, 3.63) is 0 Å². The van der Waals surface area contributed by atoms with Gasteiger partial charge in [-0.1, -0.05) is 0 Å². The SMILES string of the molecule is CCOC(=O)C1(F)CCCNCC1. The van der Waals surface area contributed by atoms with Crippen molar-refractivity contribution in [3.63, 3.8) is 0 Å². The van der Waals surface area contributed by atoms with Crippen molar-refractivity contribution >= 4 is 5.97 Å². The molecule has 0 aliphatic carbocycles. The monoisotopic (exact) mass is 189 g/mol. The summed E-state index contributed by atoms with van der Waals surface area (Å²) in [5, 5.41) is 3.05. The fourth-order valence-electron chi connectivity index (χ4n) is 1.49. The van der Waals surface area contributed by atoms with Crippen LogP contribution in [0.2, 0.25) is 0 Å². The molecule has 3 nitrogen and oxygen atoms in total. The highest BCUT2D eigenvalue weighted by Gasteiger charge is 2.39. The molecule has 1 aliphatic rings. The third-order valence-corrected chi connectivity index (χ3v) is 2.27. The molecule has 0 amide bonds. The summed E-state index contributed by atoms with van der Waals surface area (Å²) in [6.45, 7) is 3.27. The van der Waals surface area contributed by atoms with Crippen LogP contribution in [0.4, 0.5) is 4.39 Å². The smallest absolute Gasteiger partial charge is 0.343 e. The van der Waals surface area contributed by atoms with Crippen LogP contribution in [-0.4, -0.2) is 31.3 Å². The molecule has 0 spiro atoms. The van der Waals surface area contributed by atoms with Gasteiger partial charge in [0.2, 0.25) is 5.67 Å². The molecule has 1 rings (SSSR count). The number of alkyl halides is 1. The topological polar surface area (TPSA) is 38.3 Å². The van der Waals surface area contributed by atoms with Crippen molar-refractivity contribution < 1.29 is 13.9 Å². The van der Waals surface area contributed by atoms with E-state index in [0.717, 1.165) is 6.54 Å². The second-order valence-corrected chi connectivity index (χ2v) is 3.29. The zero-order valence-corrected chi connectivity index (χ0v) is 7.94. The average molecular weight is 189 g/mol. The number of ether oxygens (including phenoxy) is 1. The number of carbonyl (C=O) groups excluding carboxylic acids is 1. The van der Waals surface area contributed by atoms with E-state index in [1.807, 2.05) is 0 Å². The Hall–Kier alpha value is -0.640. The van der Waals surface area contributed by atoms with Crippen LogP contribution in [0.15, 0.2) is 0 Å². The highest BCUT2D eigenvalue weighted by atomic mass is 19.1. The van der Waals surface area contributed by atoms with Crippen molar-refractivity contribution in [1.29, 1.82) is 0 Å². The molecule has 1 atom stereocenters. The standard InChI is InChI=1S/C9H16FNO2/c1-2-13-8(12)9(10)4-3-6-11-7-5-9/h11H,2-7H2,1H3. The predicted octanol–water partition coefficient (Wildman–Crippen LogP) is 1.03. The maximum absolute atomic E-state index is 13.9. The van der Waals surface area contributed by atoms with E-state index in [1.54, 1.807) is 6.92 Å². The summed E-state index contributed by atoms with van der Waals surface area (Å²) in [4.78, 5) is 11.2. The average Bonchev–Trinajstić information content (AvgIpc) is 2.32. The van der Waals surface area contributed by atoms with Crippen LogP contribution in [0.1, 0.15) is 26.2 Å². The maximum Gasteiger partial charge on any atom is 0.343 e. The second-order valence-electron chi connectivity index (χ2n) is 3.29. The van der Waals surface area contributed by atoms with Gasteiger partial charge in [0.1, 0.15) is 0 Å². The number of nitrogens with one attached hydrogen (secondary N) is 1. The Morgan fingerprint density at radius 1 is 1.54 bits per heavy atom. The summed E-state index contributed by atoms with van der Waals surface area (Å²) in [6.07, 6.45) is 1.19. The quantitative estimate of drug-likeness (QED) is 0.659. The summed E-state index contributed by atoms with van der Waals surface area (Å²) in [5.41, 5.74) is -1.75. The first-order valence-electron chi connectivity index (χ1n) is 4.76. The molecule has 0 bridgehead atoms. The number of hydrogen-bond donors (Lipinski definition) is 1. The van der Waals surface area contributed by atoms with Gasteiger partial charge in [0, 0.05) is 6.42 Å². The fraction of sp³-hybridized carbons (Fsp3) is 0.889. The van der Waals surface area contributed by atoms with E-state index in [4.69, 9.17) is 4.74 Å². The van der Waals surface area contributed by atoms with Crippen molar-refractivity contribution in [2.45, 2.75) is 31.9 Å². The lowest BCUT2D eigenvalue weighted by Gasteiger charge is -2.20. The Labute approximate surface area is 77.6 Å². The molecule has 0 radical (unpaired) electrons. The van der Waals surface area contributed by atoms with Gasteiger partial charge < -0.3 is 10.1 Å². The lowest BCUT2D eigenvalue weighted by Crippen LogP contribution is -2.36. The zero-order valence-electron chi connectivity index (χ0n) is 7.94. The number of carbonyl (C=O) groups is 1. The highest BCUT2D eigenvalue weighted by Crippen LogP contribution is 2.25. The molecular formula is C9H16FNO2. The Morgan fingerprint density at radius 2 is 2.31 bits per heavy atom. The van der Waals surface area contributed by atoms with Crippen molar-refractivity contribution in [3.8, 4) is 0 Å². The van der Waals surface area contributed by atoms with Gasteiger partial charge in [0.05, 0.1) is 6.61 Å². The van der Waals surface area contributed by atoms with Gasteiger partial charge in [-0.05, 0) is 32.9 Å². The molecule has 0 aromatic carbocycles. The van der Waals surface area contributed by atoms with Crippen LogP contribution in [0, 0.1) is 0 Å². The Kier molecular flexibility index (Phi) is 3.66. The van der Waals surface area contributed by atoms with E-state index >= 15 is 0 Å². The largest absolute Gasteiger partial charge is 0.464 e. The molecule has 1 aliphatic heterocycles. The first kappa shape index (κ1) is 10.4. The Bertz CT molecular complexity index is 176. The zero-order chi connectivity index (χ0) is 9.73. The van der Waals surface area contributed by atoms with Gasteiger partial charge in [-0.2, -0.15) is 0 Å². The van der Waals surface area contributed by atoms with Gasteiger partial charge in [0.15, 0.2) is 0 Å². The summed E-state index contributed by atoms with van der Waals surface area (Å²) in [5.74, 6) is -0.696. The fourth-order valence-corrected chi connectivity index (χ4v) is 1.49. The van der Waals surface area contributed by atoms with Gasteiger partial charge in [0.25, 0.3) is 0 Å². The van der Waals surface area contributed by atoms with Crippen molar-refractivity contribution in [2.24, 2.45) is 0 Å². The van der Waals surface area contributed by atoms with E-state index in [2.05, 4.69) is 5.32 Å². The van der Waals surface area contributed by atoms with Crippen LogP contribution in [0.25, 0.3) is 0 Å². The minimum atomic E-state index is -1.75. The molecule has 1 heterocycles. The van der Waals surface area contributed by atoms with E-state index in [1.165, 1.54) is 0 Å². The highest BCUT2D eigenvalue weighted by molar-refractivity contribution is 5.79. The summed E-state index contributed by atoms with van der Waals surface area (Å²) in [6, 6.07) is 0. The molecule has 4 heteroatoms. The molecule has 0 aromatic rings. The number of esters is 1. The van der Waals surface area contributed by atoms with Crippen LogP contribution in [0.3, 0.4) is 0 Å². The van der Waals surface area contributed by atoms with Crippen LogP contribution in [-0.2, 0) is 9.53 Å². The molecule has 1 saturated heterocycles. The van der Waals surface area contributed by atoms with Crippen LogP contribution in [0.5, 0.6) is 0 Å². The molecule has 1 unspecified atom stereocenters. The normalized spacial score (nSPS) is 29.4. The Morgan fingerprint density at radius 3 is 3.00 bits per heavy atom. The summed E-state index contributed by atoms with van der Waals surface area (Å²) in [7, 11) is 0. The van der Waals surface area contributed by atoms with Crippen molar-refractivity contribution in [2.75, 3.05) is 19.7 Å². The predicted molar refractivity (Wildman–Crippen MR) is 47.2 cm³/mol. The first-order valence-corrected chi connectivity index (χ1v) is 4.76. The molecule has 1 fully saturated rings. The summed E-state index contributed by atoms with van der Waals surface area (Å²) >= 11 is 0. The minimum Gasteiger partial charge on any atom is -0.464 e. The van der Waals surface area contributed by atoms with E-state index in [-0.39, 0.29) is 19.4 Å². The lowest BCUT2D eigenvalue weighted by molar-refractivity contribution is -0.158. The maximum atomic E-state index is 13.9. The summed E-state index contributed by atoms with van der Waals surface area (Å²) < 4.78 is 18.6. The van der Waals surface area contributed by atoms with Gasteiger partial charge in [-0.25, -0.2) is 9.18 Å². The number of hydrogen-bond acceptors (Lipinski definition) is 3. The Balaban J connectivity index is 2.55. The van der Waals surface area contributed by atoms with E-state index in [0.29, 0.717) is 13.0 Å². The van der Waals surface area contributed by atoms with Gasteiger partial charge in [-0.15, -0.1) is 0 Å². The third kappa shape index (κ3) is 2.66. The minimum absolute atomic E-state index is 0.228. The number of halogens is 1. The van der Waals surface area contributed by atoms with E-state index < -0.39 is 11.6 Å². The van der Waals surface area contributed by atoms with Gasteiger partial charge >= 0.3 is 5.97 Å². The first-order chi connectivity index (χ1) is 6.19. The molecule has 0 saturated carbocycles. The lowest BCUT2D eigenvalue weighted by atomic mass is 9.97. The molecule has 0 aromatic heterocycles. The van der Waals surface area contributed by atoms with Crippen molar-refractivity contribution in [1.82, 2.24) is 5.32 Å².